The summed E-state index contributed by atoms with van der Waals surface area (Å²) in [4.78, 5) is 16.9. The van der Waals surface area contributed by atoms with Crippen molar-refractivity contribution in [3.05, 3.63) is 40.1 Å². The van der Waals surface area contributed by atoms with Crippen LogP contribution < -0.4 is 5.32 Å². The van der Waals surface area contributed by atoms with Crippen molar-refractivity contribution in [3.63, 3.8) is 0 Å². The summed E-state index contributed by atoms with van der Waals surface area (Å²) in [5.74, 6) is 0.139. The van der Waals surface area contributed by atoms with Crippen molar-refractivity contribution in [2.24, 2.45) is 5.41 Å². The Morgan fingerprint density at radius 3 is 2.70 bits per heavy atom. The van der Waals surface area contributed by atoms with E-state index in [2.05, 4.69) is 21.7 Å². The SMILES string of the molecule is O=C(C=Cc1ccsc1)N1CCC2(CC1)CCN(C(=S)NCCC1=CCCCC1)C2. The second kappa shape index (κ2) is 10.1. The van der Waals surface area contributed by atoms with Crippen LogP contribution in [0.1, 0.15) is 56.9 Å². The van der Waals surface area contributed by atoms with E-state index in [9.17, 15) is 4.79 Å². The molecule has 0 atom stereocenters. The van der Waals surface area contributed by atoms with Gasteiger partial charge in [-0.3, -0.25) is 4.79 Å². The first-order valence-corrected chi connectivity index (χ1v) is 12.7. The van der Waals surface area contributed by atoms with Gasteiger partial charge in [-0.05, 0) is 97.5 Å². The highest BCUT2D eigenvalue weighted by molar-refractivity contribution is 7.80. The zero-order valence-corrected chi connectivity index (χ0v) is 19.4. The van der Waals surface area contributed by atoms with Crippen LogP contribution in [-0.2, 0) is 4.79 Å². The molecular formula is C24H33N3OS2. The predicted molar refractivity (Wildman–Crippen MR) is 130 cm³/mol. The molecule has 0 aromatic carbocycles. The Balaban J connectivity index is 1.20. The average molecular weight is 444 g/mol. The minimum Gasteiger partial charge on any atom is -0.362 e. The minimum atomic E-state index is 0.139. The minimum absolute atomic E-state index is 0.139. The molecule has 0 unspecified atom stereocenters. The summed E-state index contributed by atoms with van der Waals surface area (Å²) in [6.45, 7) is 4.74. The van der Waals surface area contributed by atoms with Crippen molar-refractivity contribution < 1.29 is 4.79 Å². The van der Waals surface area contributed by atoms with Crippen LogP contribution in [0, 0.1) is 5.41 Å². The first-order chi connectivity index (χ1) is 14.6. The zero-order chi connectivity index (χ0) is 20.8. The molecule has 4 nitrogen and oxygen atoms in total. The molecule has 1 amide bonds. The number of nitrogens with zero attached hydrogens (tertiary/aromatic N) is 2. The predicted octanol–water partition coefficient (Wildman–Crippen LogP) is 4.84. The number of allylic oxidation sites excluding steroid dienone is 1. The van der Waals surface area contributed by atoms with E-state index in [0.29, 0.717) is 5.41 Å². The van der Waals surface area contributed by atoms with Crippen LogP contribution in [0.2, 0.25) is 0 Å². The zero-order valence-electron chi connectivity index (χ0n) is 17.8. The fourth-order valence-corrected chi connectivity index (χ4v) is 5.82. The van der Waals surface area contributed by atoms with Crippen LogP contribution in [0.4, 0.5) is 0 Å². The van der Waals surface area contributed by atoms with E-state index in [1.165, 1.54) is 32.1 Å². The van der Waals surface area contributed by atoms with Gasteiger partial charge in [0.1, 0.15) is 0 Å². The summed E-state index contributed by atoms with van der Waals surface area (Å²) >= 11 is 7.35. The molecular weight excluding hydrogens is 410 g/mol. The van der Waals surface area contributed by atoms with Crippen molar-refractivity contribution in [3.8, 4) is 0 Å². The number of piperidine rings is 1. The van der Waals surface area contributed by atoms with Crippen LogP contribution in [0.3, 0.4) is 0 Å². The third-order valence-corrected chi connectivity index (χ3v) is 8.03. The van der Waals surface area contributed by atoms with Crippen LogP contribution in [0.25, 0.3) is 6.08 Å². The Labute approximate surface area is 190 Å². The Morgan fingerprint density at radius 2 is 2.00 bits per heavy atom. The Bertz CT molecular complexity index is 791. The molecule has 0 radical (unpaired) electrons. The number of amides is 1. The van der Waals surface area contributed by atoms with E-state index < -0.39 is 0 Å². The molecule has 1 N–H and O–H groups in total. The van der Waals surface area contributed by atoms with Crippen LogP contribution >= 0.6 is 23.6 Å². The lowest BCUT2D eigenvalue weighted by Crippen LogP contribution is -2.45. The van der Waals surface area contributed by atoms with Crippen molar-refractivity contribution in [1.29, 1.82) is 0 Å². The largest absolute Gasteiger partial charge is 0.362 e. The van der Waals surface area contributed by atoms with Gasteiger partial charge in [0.15, 0.2) is 5.11 Å². The summed E-state index contributed by atoms with van der Waals surface area (Å²) in [7, 11) is 0. The lowest BCUT2D eigenvalue weighted by molar-refractivity contribution is -0.128. The van der Waals surface area contributed by atoms with Crippen molar-refractivity contribution >= 4 is 40.7 Å². The van der Waals surface area contributed by atoms with Crippen molar-refractivity contribution in [1.82, 2.24) is 15.1 Å². The first kappa shape index (κ1) is 21.6. The van der Waals surface area contributed by atoms with Gasteiger partial charge in [0, 0.05) is 38.8 Å². The van der Waals surface area contributed by atoms with E-state index >= 15 is 0 Å². The summed E-state index contributed by atoms with van der Waals surface area (Å²) in [6, 6.07) is 2.04. The summed E-state index contributed by atoms with van der Waals surface area (Å²) in [5.41, 5.74) is 3.03. The Morgan fingerprint density at radius 1 is 1.20 bits per heavy atom. The van der Waals surface area contributed by atoms with Crippen LogP contribution in [0.5, 0.6) is 0 Å². The second-order valence-corrected chi connectivity index (χ2v) is 10.1. The molecule has 1 aliphatic carbocycles. The highest BCUT2D eigenvalue weighted by Crippen LogP contribution is 2.40. The average Bonchev–Trinajstić information content (AvgIpc) is 3.44. The second-order valence-electron chi connectivity index (χ2n) is 8.98. The molecule has 2 fully saturated rings. The lowest BCUT2D eigenvalue weighted by Gasteiger charge is -2.39. The molecule has 0 saturated carbocycles. The molecule has 1 aromatic rings. The smallest absolute Gasteiger partial charge is 0.246 e. The van der Waals surface area contributed by atoms with Gasteiger partial charge in [-0.25, -0.2) is 0 Å². The first-order valence-electron chi connectivity index (χ1n) is 11.3. The Kier molecular flexibility index (Phi) is 7.26. The summed E-state index contributed by atoms with van der Waals surface area (Å²) < 4.78 is 0. The molecule has 2 aliphatic heterocycles. The number of carbonyl (C=O) groups excluding carboxylic acids is 1. The van der Waals surface area contributed by atoms with E-state index in [1.807, 2.05) is 22.4 Å². The van der Waals surface area contributed by atoms with Gasteiger partial charge < -0.3 is 15.1 Å². The number of likely N-dealkylation sites (tertiary alicyclic amines) is 2. The van der Waals surface area contributed by atoms with Gasteiger partial charge in [0.25, 0.3) is 0 Å². The van der Waals surface area contributed by atoms with E-state index in [4.69, 9.17) is 12.2 Å². The van der Waals surface area contributed by atoms with E-state index in [0.717, 1.165) is 62.7 Å². The third-order valence-electron chi connectivity index (χ3n) is 6.93. The monoisotopic (exact) mass is 443 g/mol. The number of hydrogen-bond donors (Lipinski definition) is 1. The molecule has 6 heteroatoms. The normalized spacial score (nSPS) is 21.3. The topological polar surface area (TPSA) is 35.6 Å². The molecule has 3 heterocycles. The lowest BCUT2D eigenvalue weighted by atomic mass is 9.78. The van der Waals surface area contributed by atoms with Crippen molar-refractivity contribution in [2.45, 2.75) is 51.4 Å². The number of nitrogens with one attached hydrogen (secondary N) is 1. The number of thiocarbonyl (C=S) groups is 1. The fourth-order valence-electron chi connectivity index (χ4n) is 4.93. The molecule has 0 bridgehead atoms. The maximum atomic E-state index is 12.5. The quantitative estimate of drug-likeness (QED) is 0.401. The highest BCUT2D eigenvalue weighted by atomic mass is 32.1. The summed E-state index contributed by atoms with van der Waals surface area (Å²) in [6.07, 6.45) is 15.7. The molecule has 2 saturated heterocycles. The number of carbonyl (C=O) groups is 1. The Hall–Kier alpha value is -1.66. The van der Waals surface area contributed by atoms with Gasteiger partial charge in [0.05, 0.1) is 0 Å². The molecule has 1 aromatic heterocycles. The highest BCUT2D eigenvalue weighted by Gasteiger charge is 2.41. The molecule has 4 rings (SSSR count). The maximum Gasteiger partial charge on any atom is 0.246 e. The maximum absolute atomic E-state index is 12.5. The van der Waals surface area contributed by atoms with E-state index in [-0.39, 0.29) is 5.91 Å². The third kappa shape index (κ3) is 5.52. The van der Waals surface area contributed by atoms with E-state index in [1.54, 1.807) is 23.0 Å². The molecule has 1 spiro atoms. The number of thiophene rings is 1. The van der Waals surface area contributed by atoms with Crippen LogP contribution in [0.15, 0.2) is 34.6 Å². The van der Waals surface area contributed by atoms with Crippen molar-refractivity contribution in [2.75, 3.05) is 32.7 Å². The standard InChI is InChI=1S/C24H33N3OS2/c28-22(7-6-21-9-17-30-18-21)26-14-10-24(11-15-26)12-16-27(19-24)23(29)25-13-8-20-4-2-1-3-5-20/h4,6-7,9,17-18H,1-3,5,8,10-16,19H2,(H,25,29). The fraction of sp³-hybridized carbons (Fsp3) is 0.583. The number of hydrogen-bond acceptors (Lipinski definition) is 3. The van der Waals surface area contributed by atoms with Gasteiger partial charge in [-0.15, -0.1) is 0 Å². The van der Waals surface area contributed by atoms with Gasteiger partial charge >= 0.3 is 0 Å². The van der Waals surface area contributed by atoms with Gasteiger partial charge in [-0.2, -0.15) is 11.3 Å². The summed E-state index contributed by atoms with van der Waals surface area (Å²) in [5, 5.41) is 8.51. The van der Waals surface area contributed by atoms with Crippen LogP contribution in [-0.4, -0.2) is 53.5 Å². The molecule has 30 heavy (non-hydrogen) atoms. The number of rotatable bonds is 5. The van der Waals surface area contributed by atoms with Gasteiger partial charge in [0.2, 0.25) is 5.91 Å². The molecule has 162 valence electrons. The molecule has 3 aliphatic rings. The van der Waals surface area contributed by atoms with Gasteiger partial charge in [-0.1, -0.05) is 11.6 Å².